The van der Waals surface area contributed by atoms with Gasteiger partial charge in [-0.05, 0) is 32.9 Å². The van der Waals surface area contributed by atoms with Gasteiger partial charge in [-0.15, -0.1) is 11.8 Å². The number of aryl methyl sites for hydroxylation is 3. The standard InChI is InChI=1S/C16H18N4O2S/c1-10-6-20-7-13(4-5-15(20)17-10)18-16(21)9-23-8-14-11(2)19-22-12(14)3/h4-7H,8-9H2,1-3H3,(H,18,21). The third kappa shape index (κ3) is 3.56. The van der Waals surface area contributed by atoms with Crippen LogP contribution in [0.25, 0.3) is 5.65 Å². The number of fused-ring (bicyclic) bond motifs is 1. The summed E-state index contributed by atoms with van der Waals surface area (Å²) < 4.78 is 7.02. The Morgan fingerprint density at radius 3 is 2.87 bits per heavy atom. The molecule has 0 aliphatic carbocycles. The van der Waals surface area contributed by atoms with Crippen LogP contribution in [0.2, 0.25) is 0 Å². The summed E-state index contributed by atoms with van der Waals surface area (Å²) in [6.45, 7) is 5.74. The van der Waals surface area contributed by atoms with Crippen molar-refractivity contribution in [1.29, 1.82) is 0 Å². The summed E-state index contributed by atoms with van der Waals surface area (Å²) in [5.41, 5.74) is 4.53. The topological polar surface area (TPSA) is 72.4 Å². The Hall–Kier alpha value is -2.28. The van der Waals surface area contributed by atoms with Crippen LogP contribution >= 0.6 is 11.8 Å². The van der Waals surface area contributed by atoms with Crippen molar-refractivity contribution < 1.29 is 9.32 Å². The molecule has 0 atom stereocenters. The summed E-state index contributed by atoms with van der Waals surface area (Å²) in [6, 6.07) is 3.75. The zero-order valence-electron chi connectivity index (χ0n) is 13.3. The quantitative estimate of drug-likeness (QED) is 0.778. The average molecular weight is 330 g/mol. The third-order valence-corrected chi connectivity index (χ3v) is 4.48. The number of aromatic nitrogens is 3. The fourth-order valence-corrected chi connectivity index (χ4v) is 3.32. The number of thioether (sulfide) groups is 1. The van der Waals surface area contributed by atoms with Crippen molar-refractivity contribution in [2.24, 2.45) is 0 Å². The average Bonchev–Trinajstić information content (AvgIpc) is 3.02. The third-order valence-electron chi connectivity index (χ3n) is 3.52. The molecule has 0 spiro atoms. The zero-order chi connectivity index (χ0) is 16.4. The molecule has 0 unspecified atom stereocenters. The van der Waals surface area contributed by atoms with Crippen LogP contribution in [0.3, 0.4) is 0 Å². The Bertz CT molecular complexity index is 834. The summed E-state index contributed by atoms with van der Waals surface area (Å²) >= 11 is 1.54. The SMILES string of the molecule is Cc1cn2cc(NC(=O)CSCc3c(C)noc3C)ccc2n1. The van der Waals surface area contributed by atoms with Crippen molar-refractivity contribution >= 4 is 29.0 Å². The number of nitrogens with one attached hydrogen (secondary N) is 1. The van der Waals surface area contributed by atoms with Gasteiger partial charge in [0.25, 0.3) is 0 Å². The first kappa shape index (κ1) is 15.6. The minimum atomic E-state index is -0.0297. The second-order valence-electron chi connectivity index (χ2n) is 5.41. The Morgan fingerprint density at radius 2 is 2.13 bits per heavy atom. The number of carbonyl (C=O) groups is 1. The molecule has 0 saturated heterocycles. The van der Waals surface area contributed by atoms with Crippen molar-refractivity contribution in [3.63, 3.8) is 0 Å². The Kier molecular flexibility index (Phi) is 4.38. The highest BCUT2D eigenvalue weighted by atomic mass is 32.2. The molecule has 3 aromatic rings. The minimum absolute atomic E-state index is 0.0297. The molecule has 0 radical (unpaired) electrons. The molecule has 6 nitrogen and oxygen atoms in total. The first-order chi connectivity index (χ1) is 11.0. The van der Waals surface area contributed by atoms with Crippen LogP contribution in [0.15, 0.2) is 29.0 Å². The van der Waals surface area contributed by atoms with E-state index >= 15 is 0 Å². The number of rotatable bonds is 5. The summed E-state index contributed by atoms with van der Waals surface area (Å²) in [5.74, 6) is 1.88. The highest BCUT2D eigenvalue weighted by molar-refractivity contribution is 7.99. The number of amides is 1. The maximum absolute atomic E-state index is 12.1. The molecule has 3 rings (SSSR count). The molecule has 3 aromatic heterocycles. The van der Waals surface area contributed by atoms with E-state index in [0.717, 1.165) is 34.0 Å². The molecule has 1 amide bonds. The van der Waals surface area contributed by atoms with Gasteiger partial charge in [-0.1, -0.05) is 5.16 Å². The largest absolute Gasteiger partial charge is 0.361 e. The van der Waals surface area contributed by atoms with E-state index in [-0.39, 0.29) is 5.91 Å². The van der Waals surface area contributed by atoms with E-state index in [1.807, 2.05) is 49.7 Å². The molecule has 120 valence electrons. The molecule has 0 saturated carbocycles. The van der Waals surface area contributed by atoms with Crippen LogP contribution in [0.1, 0.15) is 22.7 Å². The summed E-state index contributed by atoms with van der Waals surface area (Å²) in [4.78, 5) is 16.4. The smallest absolute Gasteiger partial charge is 0.234 e. The molecule has 0 aliphatic heterocycles. The summed E-state index contributed by atoms with van der Waals surface area (Å²) in [6.07, 6.45) is 3.80. The van der Waals surface area contributed by atoms with Crippen LogP contribution < -0.4 is 5.32 Å². The lowest BCUT2D eigenvalue weighted by Crippen LogP contribution is -2.14. The summed E-state index contributed by atoms with van der Waals surface area (Å²) in [5, 5.41) is 6.82. The first-order valence-corrected chi connectivity index (χ1v) is 8.43. The predicted molar refractivity (Wildman–Crippen MR) is 90.7 cm³/mol. The van der Waals surface area contributed by atoms with Crippen molar-refractivity contribution in [3.05, 3.63) is 47.2 Å². The lowest BCUT2D eigenvalue weighted by atomic mass is 10.2. The lowest BCUT2D eigenvalue weighted by molar-refractivity contribution is -0.113. The predicted octanol–water partition coefficient (Wildman–Crippen LogP) is 3.12. The fraction of sp³-hybridized carbons (Fsp3) is 0.312. The van der Waals surface area contributed by atoms with Crippen LogP contribution in [0.4, 0.5) is 5.69 Å². The van der Waals surface area contributed by atoms with Crippen LogP contribution in [0, 0.1) is 20.8 Å². The number of carbonyl (C=O) groups excluding carboxylic acids is 1. The maximum atomic E-state index is 12.1. The molecule has 7 heteroatoms. The lowest BCUT2D eigenvalue weighted by Gasteiger charge is -2.06. The van der Waals surface area contributed by atoms with E-state index in [2.05, 4.69) is 15.5 Å². The van der Waals surface area contributed by atoms with Gasteiger partial charge in [-0.25, -0.2) is 4.98 Å². The molecule has 0 aliphatic rings. The van der Waals surface area contributed by atoms with Gasteiger partial charge in [0.2, 0.25) is 5.91 Å². The van der Waals surface area contributed by atoms with Gasteiger partial charge in [0.05, 0.1) is 22.8 Å². The second kappa shape index (κ2) is 6.45. The molecule has 1 N–H and O–H groups in total. The van der Waals surface area contributed by atoms with E-state index in [1.54, 1.807) is 11.8 Å². The van der Waals surface area contributed by atoms with Gasteiger partial charge in [0.15, 0.2) is 0 Å². The molecule has 0 fully saturated rings. The number of hydrogen-bond acceptors (Lipinski definition) is 5. The van der Waals surface area contributed by atoms with Crippen LogP contribution in [-0.2, 0) is 10.5 Å². The monoisotopic (exact) mass is 330 g/mol. The minimum Gasteiger partial charge on any atom is -0.361 e. The normalized spacial score (nSPS) is 11.1. The van der Waals surface area contributed by atoms with E-state index < -0.39 is 0 Å². The number of nitrogens with zero attached hydrogens (tertiary/aromatic N) is 3. The van der Waals surface area contributed by atoms with Gasteiger partial charge >= 0.3 is 0 Å². The van der Waals surface area contributed by atoms with Gasteiger partial charge in [0.1, 0.15) is 11.4 Å². The van der Waals surface area contributed by atoms with E-state index in [9.17, 15) is 4.79 Å². The molecule has 0 aromatic carbocycles. The van der Waals surface area contributed by atoms with Gasteiger partial charge in [-0.3, -0.25) is 4.79 Å². The molecule has 23 heavy (non-hydrogen) atoms. The molecular weight excluding hydrogens is 312 g/mol. The first-order valence-electron chi connectivity index (χ1n) is 7.27. The van der Waals surface area contributed by atoms with Crippen molar-refractivity contribution in [2.75, 3.05) is 11.1 Å². The highest BCUT2D eigenvalue weighted by Gasteiger charge is 2.10. The Balaban J connectivity index is 1.56. The maximum Gasteiger partial charge on any atom is 0.234 e. The van der Waals surface area contributed by atoms with E-state index in [1.165, 1.54) is 0 Å². The Labute approximate surface area is 138 Å². The van der Waals surface area contributed by atoms with Crippen molar-refractivity contribution in [1.82, 2.24) is 14.5 Å². The second-order valence-corrected chi connectivity index (χ2v) is 6.39. The number of anilines is 1. The Morgan fingerprint density at radius 1 is 1.30 bits per heavy atom. The number of pyridine rings is 1. The molecule has 3 heterocycles. The van der Waals surface area contributed by atoms with Gasteiger partial charge in [-0.2, -0.15) is 0 Å². The molecule has 0 bridgehead atoms. The zero-order valence-corrected chi connectivity index (χ0v) is 14.1. The highest BCUT2D eigenvalue weighted by Crippen LogP contribution is 2.19. The number of hydrogen-bond donors (Lipinski definition) is 1. The van der Waals surface area contributed by atoms with E-state index in [4.69, 9.17) is 4.52 Å². The van der Waals surface area contributed by atoms with Gasteiger partial charge < -0.3 is 14.2 Å². The van der Waals surface area contributed by atoms with Crippen molar-refractivity contribution in [3.8, 4) is 0 Å². The van der Waals surface area contributed by atoms with Crippen molar-refractivity contribution in [2.45, 2.75) is 26.5 Å². The summed E-state index contributed by atoms with van der Waals surface area (Å²) in [7, 11) is 0. The molecular formula is C16H18N4O2S. The fourth-order valence-electron chi connectivity index (χ4n) is 2.34. The van der Waals surface area contributed by atoms with E-state index in [0.29, 0.717) is 11.5 Å². The van der Waals surface area contributed by atoms with Gasteiger partial charge in [0, 0.05) is 23.7 Å². The number of imidazole rings is 1. The van der Waals surface area contributed by atoms with Crippen LogP contribution in [0.5, 0.6) is 0 Å². The van der Waals surface area contributed by atoms with Crippen LogP contribution in [-0.4, -0.2) is 26.2 Å².